The van der Waals surface area contributed by atoms with Gasteiger partial charge in [-0.3, -0.25) is 4.90 Å². The average Bonchev–Trinajstić information content (AvgIpc) is 3.18. The molecule has 7 nitrogen and oxygen atoms in total. The van der Waals surface area contributed by atoms with Gasteiger partial charge in [-0.1, -0.05) is 6.07 Å². The van der Waals surface area contributed by atoms with Crippen LogP contribution in [-0.2, 0) is 11.3 Å². The largest absolute Gasteiger partial charge is 0.474 e. The zero-order valence-corrected chi connectivity index (χ0v) is 18.3. The number of nitrogens with one attached hydrogen (secondary N) is 1. The van der Waals surface area contributed by atoms with Crippen LogP contribution in [0.15, 0.2) is 23.3 Å². The van der Waals surface area contributed by atoms with E-state index in [0.717, 1.165) is 64.2 Å². The summed E-state index contributed by atoms with van der Waals surface area (Å²) in [6, 6.07) is 3.92. The Morgan fingerprint density at radius 3 is 2.89 bits per heavy atom. The number of morpholine rings is 1. The Hall–Kier alpha value is -1.13. The molecule has 8 heteroatoms. The van der Waals surface area contributed by atoms with Gasteiger partial charge in [-0.25, -0.2) is 9.98 Å². The molecule has 1 saturated carbocycles. The summed E-state index contributed by atoms with van der Waals surface area (Å²) in [5.74, 6) is 1.17. The number of guanidine groups is 1. The number of aromatic nitrogens is 1. The Morgan fingerprint density at radius 1 is 1.33 bits per heavy atom. The lowest BCUT2D eigenvalue weighted by molar-refractivity contribution is 0.0376. The van der Waals surface area contributed by atoms with E-state index in [-0.39, 0.29) is 24.0 Å². The third kappa shape index (κ3) is 7.79. The van der Waals surface area contributed by atoms with Crippen LogP contribution in [0.2, 0.25) is 0 Å². The topological polar surface area (TPSA) is 85.0 Å². The number of nitrogens with zero attached hydrogens (tertiary/aromatic N) is 3. The molecule has 3 N–H and O–H groups in total. The molecule has 2 aliphatic rings. The quantitative estimate of drug-likeness (QED) is 0.252. The third-order valence-corrected chi connectivity index (χ3v) is 4.91. The molecule has 0 aromatic carbocycles. The van der Waals surface area contributed by atoms with Crippen LogP contribution >= 0.6 is 24.0 Å². The number of nitrogens with two attached hydrogens (primary N) is 1. The molecule has 152 valence electrons. The summed E-state index contributed by atoms with van der Waals surface area (Å²) in [6.45, 7) is 6.10. The minimum Gasteiger partial charge on any atom is -0.474 e. The second-order valence-electron chi connectivity index (χ2n) is 6.93. The van der Waals surface area contributed by atoms with E-state index in [9.17, 15) is 0 Å². The minimum atomic E-state index is 0. The predicted octanol–water partition coefficient (Wildman–Crippen LogP) is 2.15. The van der Waals surface area contributed by atoms with Crippen molar-refractivity contribution in [1.29, 1.82) is 0 Å². The molecule has 0 radical (unpaired) electrons. The van der Waals surface area contributed by atoms with E-state index in [4.69, 9.17) is 15.2 Å². The fraction of sp³-hybridized carbons (Fsp3) is 0.684. The first-order valence-electron chi connectivity index (χ1n) is 9.76. The van der Waals surface area contributed by atoms with E-state index >= 15 is 0 Å². The van der Waals surface area contributed by atoms with Gasteiger partial charge in [0.05, 0.1) is 19.8 Å². The summed E-state index contributed by atoms with van der Waals surface area (Å²) >= 11 is 0. The average molecular weight is 489 g/mol. The fourth-order valence-electron chi connectivity index (χ4n) is 3.38. The van der Waals surface area contributed by atoms with Crippen LogP contribution in [0.5, 0.6) is 5.88 Å². The van der Waals surface area contributed by atoms with Gasteiger partial charge in [-0.05, 0) is 44.7 Å². The van der Waals surface area contributed by atoms with Crippen molar-refractivity contribution in [3.63, 3.8) is 0 Å². The highest BCUT2D eigenvalue weighted by Gasteiger charge is 2.18. The molecule has 1 aliphatic carbocycles. The van der Waals surface area contributed by atoms with E-state index in [0.29, 0.717) is 24.5 Å². The Balaban J connectivity index is 0.00000261. The van der Waals surface area contributed by atoms with Crippen molar-refractivity contribution in [3.05, 3.63) is 23.9 Å². The van der Waals surface area contributed by atoms with Crippen LogP contribution in [0.25, 0.3) is 0 Å². The maximum atomic E-state index is 6.05. The van der Waals surface area contributed by atoms with E-state index in [1.807, 2.05) is 12.1 Å². The number of rotatable bonds is 8. The molecule has 0 unspecified atom stereocenters. The fourth-order valence-corrected chi connectivity index (χ4v) is 3.38. The van der Waals surface area contributed by atoms with Gasteiger partial charge in [-0.15, -0.1) is 24.0 Å². The molecule has 0 bridgehead atoms. The summed E-state index contributed by atoms with van der Waals surface area (Å²) in [6.07, 6.45) is 7.82. The number of aliphatic imine (C=N–C) groups is 1. The van der Waals surface area contributed by atoms with Crippen LogP contribution in [0.1, 0.15) is 37.7 Å². The Labute approximate surface area is 179 Å². The summed E-state index contributed by atoms with van der Waals surface area (Å²) in [4.78, 5) is 11.2. The van der Waals surface area contributed by atoms with Gasteiger partial charge >= 0.3 is 0 Å². The Morgan fingerprint density at radius 2 is 2.11 bits per heavy atom. The number of halogens is 1. The monoisotopic (exact) mass is 489 g/mol. The summed E-state index contributed by atoms with van der Waals surface area (Å²) in [7, 11) is 0. The number of hydrogen-bond donors (Lipinski definition) is 2. The second kappa shape index (κ2) is 12.4. The normalized spacial score (nSPS) is 18.9. The van der Waals surface area contributed by atoms with Crippen molar-refractivity contribution in [1.82, 2.24) is 15.2 Å². The lowest BCUT2D eigenvalue weighted by atomic mass is 10.2. The summed E-state index contributed by atoms with van der Waals surface area (Å²) in [5, 5.41) is 3.19. The van der Waals surface area contributed by atoms with Crippen LogP contribution in [-0.4, -0.2) is 61.3 Å². The van der Waals surface area contributed by atoms with Crippen molar-refractivity contribution in [2.75, 3.05) is 39.4 Å². The van der Waals surface area contributed by atoms with E-state index in [1.165, 1.54) is 12.8 Å². The molecule has 2 heterocycles. The number of pyridine rings is 1. The van der Waals surface area contributed by atoms with Crippen LogP contribution in [0.4, 0.5) is 0 Å². The van der Waals surface area contributed by atoms with Crippen molar-refractivity contribution in [2.24, 2.45) is 10.7 Å². The van der Waals surface area contributed by atoms with Crippen molar-refractivity contribution >= 4 is 29.9 Å². The van der Waals surface area contributed by atoms with Crippen molar-refractivity contribution in [3.8, 4) is 5.88 Å². The van der Waals surface area contributed by atoms with Crippen LogP contribution in [0.3, 0.4) is 0 Å². The summed E-state index contributed by atoms with van der Waals surface area (Å²) in [5.41, 5.74) is 6.98. The van der Waals surface area contributed by atoms with E-state index in [1.54, 1.807) is 6.20 Å². The molecule has 0 atom stereocenters. The first-order valence-corrected chi connectivity index (χ1v) is 9.76. The van der Waals surface area contributed by atoms with Gasteiger partial charge < -0.3 is 20.5 Å². The smallest absolute Gasteiger partial charge is 0.218 e. The Kier molecular flexibility index (Phi) is 10.1. The van der Waals surface area contributed by atoms with Crippen molar-refractivity contribution < 1.29 is 9.47 Å². The number of hydrogen-bond acceptors (Lipinski definition) is 5. The van der Waals surface area contributed by atoms with Gasteiger partial charge in [0.15, 0.2) is 5.96 Å². The maximum absolute atomic E-state index is 6.05. The zero-order chi connectivity index (χ0) is 18.0. The molecular weight excluding hydrogens is 457 g/mol. The van der Waals surface area contributed by atoms with Gasteiger partial charge in [-0.2, -0.15) is 0 Å². The van der Waals surface area contributed by atoms with Gasteiger partial charge in [0.25, 0.3) is 0 Å². The second-order valence-corrected chi connectivity index (χ2v) is 6.93. The number of ether oxygens (including phenoxy) is 2. The van der Waals surface area contributed by atoms with Gasteiger partial charge in [0.1, 0.15) is 6.10 Å². The van der Waals surface area contributed by atoms with Gasteiger partial charge in [0, 0.05) is 31.4 Å². The molecule has 3 rings (SSSR count). The summed E-state index contributed by atoms with van der Waals surface area (Å²) < 4.78 is 11.4. The van der Waals surface area contributed by atoms with Crippen molar-refractivity contribution in [2.45, 2.75) is 44.8 Å². The highest BCUT2D eigenvalue weighted by molar-refractivity contribution is 14.0. The maximum Gasteiger partial charge on any atom is 0.218 e. The van der Waals surface area contributed by atoms with Crippen LogP contribution < -0.4 is 15.8 Å². The van der Waals surface area contributed by atoms with E-state index in [2.05, 4.69) is 20.2 Å². The first kappa shape index (κ1) is 22.2. The van der Waals surface area contributed by atoms with E-state index < -0.39 is 0 Å². The minimum absolute atomic E-state index is 0. The lowest BCUT2D eigenvalue weighted by Crippen LogP contribution is -2.39. The predicted molar refractivity (Wildman–Crippen MR) is 118 cm³/mol. The highest BCUT2D eigenvalue weighted by Crippen LogP contribution is 2.25. The Bertz CT molecular complexity index is 575. The molecule has 2 fully saturated rings. The molecule has 1 aromatic heterocycles. The zero-order valence-electron chi connectivity index (χ0n) is 15.9. The SMILES string of the molecule is I.NC(=NCc1cccnc1OC1CCCC1)NCCCN1CCOCC1. The van der Waals surface area contributed by atoms with Crippen LogP contribution in [0, 0.1) is 0 Å². The molecule has 0 amide bonds. The highest BCUT2D eigenvalue weighted by atomic mass is 127. The third-order valence-electron chi connectivity index (χ3n) is 4.91. The van der Waals surface area contributed by atoms with Gasteiger partial charge in [0.2, 0.25) is 5.88 Å². The molecule has 1 saturated heterocycles. The first-order chi connectivity index (χ1) is 12.8. The molecule has 1 aliphatic heterocycles. The molecule has 0 spiro atoms. The standard InChI is InChI=1S/C19H31N5O2.HI/c20-19(22-9-4-10-24-11-13-25-14-12-24)23-15-16-5-3-8-21-18(16)26-17-6-1-2-7-17;/h3,5,8,17H,1-2,4,6-7,9-15H2,(H3,20,22,23);1H. The lowest BCUT2D eigenvalue weighted by Gasteiger charge is -2.26. The molecular formula is C19H32IN5O2. The molecule has 27 heavy (non-hydrogen) atoms. The molecule has 1 aromatic rings.